The average Bonchev–Trinajstić information content (AvgIpc) is 2.59. The molecule has 0 aliphatic carbocycles. The van der Waals surface area contributed by atoms with Crippen molar-refractivity contribution in [3.05, 3.63) is 24.5 Å². The normalized spacial score (nSPS) is 25.5. The number of sulfonamides is 1. The van der Waals surface area contributed by atoms with E-state index in [0.717, 1.165) is 25.9 Å². The van der Waals surface area contributed by atoms with E-state index >= 15 is 0 Å². The van der Waals surface area contributed by atoms with Gasteiger partial charge in [0.1, 0.15) is 4.90 Å². The maximum atomic E-state index is 12.7. The molecule has 1 aromatic heterocycles. The molecular formula is C16H24N2O4S. The van der Waals surface area contributed by atoms with Crippen LogP contribution in [0.3, 0.4) is 0 Å². The third-order valence-electron chi connectivity index (χ3n) is 5.29. The summed E-state index contributed by atoms with van der Waals surface area (Å²) in [6, 6.07) is 3.26. The second kappa shape index (κ2) is 6.84. The van der Waals surface area contributed by atoms with E-state index in [1.54, 1.807) is 29.7 Å². The number of hydrogen-bond donors (Lipinski definition) is 0. The Labute approximate surface area is 137 Å². The van der Waals surface area contributed by atoms with E-state index in [4.69, 9.17) is 9.47 Å². The lowest BCUT2D eigenvalue weighted by Gasteiger charge is -2.48. The highest BCUT2D eigenvalue weighted by Gasteiger charge is 2.45. The van der Waals surface area contributed by atoms with Crippen LogP contribution in [0.1, 0.15) is 19.3 Å². The highest BCUT2D eigenvalue weighted by molar-refractivity contribution is 7.89. The van der Waals surface area contributed by atoms with Gasteiger partial charge in [0.25, 0.3) is 0 Å². The summed E-state index contributed by atoms with van der Waals surface area (Å²) >= 11 is 0. The zero-order valence-electron chi connectivity index (χ0n) is 13.5. The fourth-order valence-corrected chi connectivity index (χ4v) is 5.19. The molecule has 1 atom stereocenters. The van der Waals surface area contributed by atoms with Crippen molar-refractivity contribution in [2.24, 2.45) is 11.3 Å². The van der Waals surface area contributed by atoms with Crippen molar-refractivity contribution in [2.75, 3.05) is 40.0 Å². The topological polar surface area (TPSA) is 68.7 Å². The van der Waals surface area contributed by atoms with Gasteiger partial charge in [-0.3, -0.25) is 4.98 Å². The molecule has 2 aliphatic heterocycles. The molecule has 0 amide bonds. The molecule has 1 spiro atoms. The lowest BCUT2D eigenvalue weighted by atomic mass is 9.66. The third kappa shape index (κ3) is 3.28. The molecular weight excluding hydrogens is 316 g/mol. The zero-order valence-corrected chi connectivity index (χ0v) is 14.3. The number of pyridine rings is 1. The van der Waals surface area contributed by atoms with Crippen LogP contribution in [0.2, 0.25) is 0 Å². The largest absolute Gasteiger partial charge is 0.384 e. The summed E-state index contributed by atoms with van der Waals surface area (Å²) in [6.07, 6.45) is 5.72. The molecule has 0 aromatic carbocycles. The zero-order chi connectivity index (χ0) is 16.3. The summed E-state index contributed by atoms with van der Waals surface area (Å²) in [7, 11) is -1.73. The first kappa shape index (κ1) is 16.8. The van der Waals surface area contributed by atoms with Crippen molar-refractivity contribution < 1.29 is 17.9 Å². The number of hydrogen-bond acceptors (Lipinski definition) is 5. The molecule has 6 nitrogen and oxygen atoms in total. The van der Waals surface area contributed by atoms with Crippen molar-refractivity contribution in [2.45, 2.75) is 24.2 Å². The van der Waals surface area contributed by atoms with Gasteiger partial charge in [-0.2, -0.15) is 4.31 Å². The van der Waals surface area contributed by atoms with Crippen molar-refractivity contribution in [1.29, 1.82) is 0 Å². The van der Waals surface area contributed by atoms with E-state index in [2.05, 4.69) is 4.98 Å². The minimum Gasteiger partial charge on any atom is -0.384 e. The fourth-order valence-electron chi connectivity index (χ4n) is 3.79. The first-order chi connectivity index (χ1) is 11.1. The number of aromatic nitrogens is 1. The first-order valence-corrected chi connectivity index (χ1v) is 9.49. The monoisotopic (exact) mass is 340 g/mol. The van der Waals surface area contributed by atoms with Crippen LogP contribution < -0.4 is 0 Å². The average molecular weight is 340 g/mol. The van der Waals surface area contributed by atoms with Crippen LogP contribution in [0.25, 0.3) is 0 Å². The summed E-state index contributed by atoms with van der Waals surface area (Å²) in [5.74, 6) is 0.351. The number of ether oxygens (including phenoxy) is 2. The summed E-state index contributed by atoms with van der Waals surface area (Å²) in [5.41, 5.74) is 0.148. The van der Waals surface area contributed by atoms with Crippen LogP contribution in [-0.4, -0.2) is 57.7 Å². The van der Waals surface area contributed by atoms with Crippen LogP contribution in [-0.2, 0) is 19.5 Å². The van der Waals surface area contributed by atoms with Gasteiger partial charge in [0.2, 0.25) is 10.0 Å². The van der Waals surface area contributed by atoms with Crippen LogP contribution in [0.4, 0.5) is 0 Å². The van der Waals surface area contributed by atoms with Crippen LogP contribution in [0, 0.1) is 11.3 Å². The smallest absolute Gasteiger partial charge is 0.244 e. The van der Waals surface area contributed by atoms with Gasteiger partial charge < -0.3 is 9.47 Å². The Kier molecular flexibility index (Phi) is 5.01. The minimum absolute atomic E-state index is 0.148. The Bertz CT molecular complexity index is 610. The number of piperidine rings is 1. The first-order valence-electron chi connectivity index (χ1n) is 8.05. The Morgan fingerprint density at radius 3 is 2.83 bits per heavy atom. The molecule has 2 aliphatic rings. The molecule has 0 saturated carbocycles. The molecule has 7 heteroatoms. The molecule has 3 heterocycles. The second-order valence-electron chi connectivity index (χ2n) is 6.43. The highest BCUT2D eigenvalue weighted by Crippen LogP contribution is 2.45. The molecule has 0 N–H and O–H groups in total. The Balaban J connectivity index is 1.73. The molecule has 3 rings (SSSR count). The van der Waals surface area contributed by atoms with E-state index in [-0.39, 0.29) is 10.3 Å². The van der Waals surface area contributed by atoms with Crippen molar-refractivity contribution >= 4 is 10.0 Å². The van der Waals surface area contributed by atoms with E-state index in [0.29, 0.717) is 32.2 Å². The lowest BCUT2D eigenvalue weighted by Crippen LogP contribution is -2.50. The molecule has 128 valence electrons. The van der Waals surface area contributed by atoms with E-state index < -0.39 is 10.0 Å². The maximum Gasteiger partial charge on any atom is 0.244 e. The molecule has 0 unspecified atom stereocenters. The minimum atomic E-state index is -3.44. The molecule has 23 heavy (non-hydrogen) atoms. The molecule has 2 fully saturated rings. The molecule has 0 bridgehead atoms. The number of methoxy groups -OCH3 is 1. The summed E-state index contributed by atoms with van der Waals surface area (Å²) in [6.45, 7) is 3.25. The van der Waals surface area contributed by atoms with Crippen LogP contribution in [0.15, 0.2) is 29.4 Å². The van der Waals surface area contributed by atoms with Gasteiger partial charge in [-0.15, -0.1) is 0 Å². The van der Waals surface area contributed by atoms with Crippen molar-refractivity contribution in [1.82, 2.24) is 9.29 Å². The number of rotatable bonds is 4. The van der Waals surface area contributed by atoms with E-state index in [1.807, 2.05) is 0 Å². The van der Waals surface area contributed by atoms with Gasteiger partial charge in [-0.05, 0) is 36.8 Å². The van der Waals surface area contributed by atoms with Gasteiger partial charge in [-0.1, -0.05) is 0 Å². The maximum absolute atomic E-state index is 12.7. The molecule has 1 aromatic rings. The number of nitrogens with zero attached hydrogens (tertiary/aromatic N) is 2. The summed E-state index contributed by atoms with van der Waals surface area (Å²) in [4.78, 5) is 4.20. The Morgan fingerprint density at radius 2 is 2.17 bits per heavy atom. The van der Waals surface area contributed by atoms with Crippen molar-refractivity contribution in [3.8, 4) is 0 Å². The molecule has 0 radical (unpaired) electrons. The standard InChI is InChI=1S/C16H24N2O4S/c1-21-12-14-13-22-10-6-16(14)4-8-18(9-5-16)23(19,20)15-3-2-7-17-11-15/h2-3,7,11,14H,4-6,8-10,12-13H2,1H3/t14-/m1/s1. The second-order valence-corrected chi connectivity index (χ2v) is 8.37. The SMILES string of the molecule is COC[C@@H]1COCCC12CCN(S(=O)(=O)c1cccnc1)CC2. The van der Waals surface area contributed by atoms with Crippen LogP contribution >= 0.6 is 0 Å². The van der Waals surface area contributed by atoms with Gasteiger partial charge in [0.05, 0.1) is 13.2 Å². The molecule has 2 saturated heterocycles. The quantitative estimate of drug-likeness (QED) is 0.831. The predicted molar refractivity (Wildman–Crippen MR) is 85.5 cm³/mol. The highest BCUT2D eigenvalue weighted by atomic mass is 32.2. The predicted octanol–water partition coefficient (Wildman–Crippen LogP) is 1.54. The lowest BCUT2D eigenvalue weighted by molar-refractivity contribution is -0.0881. The van der Waals surface area contributed by atoms with Gasteiger partial charge >= 0.3 is 0 Å². The van der Waals surface area contributed by atoms with E-state index in [1.165, 1.54) is 6.20 Å². The van der Waals surface area contributed by atoms with Crippen LogP contribution in [0.5, 0.6) is 0 Å². The van der Waals surface area contributed by atoms with E-state index in [9.17, 15) is 8.42 Å². The summed E-state index contributed by atoms with van der Waals surface area (Å²) in [5, 5.41) is 0. The Hall–Kier alpha value is -1.02. The van der Waals surface area contributed by atoms with Gasteiger partial charge in [-0.25, -0.2) is 8.42 Å². The summed E-state index contributed by atoms with van der Waals surface area (Å²) < 4.78 is 38.0. The van der Waals surface area contributed by atoms with Gasteiger partial charge in [0.15, 0.2) is 0 Å². The third-order valence-corrected chi connectivity index (χ3v) is 7.17. The Morgan fingerprint density at radius 1 is 1.39 bits per heavy atom. The van der Waals surface area contributed by atoms with Crippen molar-refractivity contribution in [3.63, 3.8) is 0 Å². The van der Waals surface area contributed by atoms with Gasteiger partial charge in [0, 0.05) is 45.1 Å². The fraction of sp³-hybridized carbons (Fsp3) is 0.688.